The maximum absolute atomic E-state index is 11.8. The molecule has 4 rings (SSSR count). The normalized spacial score (nSPS) is 15.0. The van der Waals surface area contributed by atoms with Crippen molar-refractivity contribution in [2.45, 2.75) is 0 Å². The quantitative estimate of drug-likeness (QED) is 0.509. The maximum atomic E-state index is 11.8. The van der Waals surface area contributed by atoms with E-state index in [-0.39, 0.29) is 11.5 Å². The fourth-order valence-corrected chi connectivity index (χ4v) is 3.96. The predicted octanol–water partition coefficient (Wildman–Crippen LogP) is 2.50. The second kappa shape index (κ2) is 7.52. The Morgan fingerprint density at radius 1 is 1.25 bits per heavy atom. The summed E-state index contributed by atoms with van der Waals surface area (Å²) >= 11 is 1.38. The molecule has 1 aromatic carbocycles. The van der Waals surface area contributed by atoms with Gasteiger partial charge in [-0.3, -0.25) is 10.1 Å². The minimum Gasteiger partial charge on any atom is -0.497 e. The predicted molar refractivity (Wildman–Crippen MR) is 108 cm³/mol. The van der Waals surface area contributed by atoms with E-state index < -0.39 is 4.92 Å². The summed E-state index contributed by atoms with van der Waals surface area (Å²) in [7, 11) is 3.63. The third kappa shape index (κ3) is 3.53. The molecule has 1 fully saturated rings. The first-order valence-electron chi connectivity index (χ1n) is 8.69. The maximum Gasteiger partial charge on any atom is 0.353 e. The van der Waals surface area contributed by atoms with Crippen LogP contribution in [0.25, 0.3) is 10.2 Å². The lowest BCUT2D eigenvalue weighted by atomic mass is 10.3. The van der Waals surface area contributed by atoms with E-state index in [1.807, 2.05) is 30.1 Å². The number of nitrogens with zero attached hydrogens (tertiary/aromatic N) is 6. The van der Waals surface area contributed by atoms with Crippen LogP contribution in [0.1, 0.15) is 0 Å². The number of thiazole rings is 1. The number of hydrogen-bond acceptors (Lipinski definition) is 10. The van der Waals surface area contributed by atoms with E-state index >= 15 is 0 Å². The van der Waals surface area contributed by atoms with Crippen molar-refractivity contribution in [1.29, 1.82) is 0 Å². The highest BCUT2D eigenvalue weighted by Gasteiger charge is 2.29. The Kier molecular flexibility index (Phi) is 4.92. The Labute approximate surface area is 164 Å². The first kappa shape index (κ1) is 18.3. The van der Waals surface area contributed by atoms with Crippen LogP contribution in [0, 0.1) is 10.1 Å². The van der Waals surface area contributed by atoms with Gasteiger partial charge in [0, 0.05) is 26.2 Å². The zero-order chi connectivity index (χ0) is 19.7. The van der Waals surface area contributed by atoms with Gasteiger partial charge in [0.25, 0.3) is 0 Å². The van der Waals surface area contributed by atoms with E-state index in [0.717, 1.165) is 29.1 Å². The van der Waals surface area contributed by atoms with Gasteiger partial charge in [0.05, 0.1) is 22.2 Å². The number of nitro groups is 1. The summed E-state index contributed by atoms with van der Waals surface area (Å²) in [5, 5.41) is 15.3. The molecule has 0 aliphatic carbocycles. The van der Waals surface area contributed by atoms with Crippen LogP contribution in [0.2, 0.25) is 0 Å². The van der Waals surface area contributed by atoms with E-state index in [1.165, 1.54) is 17.7 Å². The van der Waals surface area contributed by atoms with E-state index in [9.17, 15) is 10.1 Å². The molecule has 146 valence electrons. The smallest absolute Gasteiger partial charge is 0.353 e. The van der Waals surface area contributed by atoms with Gasteiger partial charge in [-0.15, -0.1) is 0 Å². The molecular weight excluding hydrogens is 382 g/mol. The molecule has 3 heterocycles. The third-order valence-corrected chi connectivity index (χ3v) is 5.54. The van der Waals surface area contributed by atoms with E-state index in [1.54, 1.807) is 7.11 Å². The first-order valence-corrected chi connectivity index (χ1v) is 9.51. The number of ether oxygens (including phenoxy) is 1. The molecule has 1 N–H and O–H groups in total. The van der Waals surface area contributed by atoms with Crippen LogP contribution >= 0.6 is 11.3 Å². The fraction of sp³-hybridized carbons (Fsp3) is 0.353. The van der Waals surface area contributed by atoms with Gasteiger partial charge in [0.1, 0.15) is 12.1 Å². The molecule has 1 aliphatic rings. The lowest BCUT2D eigenvalue weighted by Gasteiger charge is -2.32. The number of hydrogen-bond donors (Lipinski definition) is 1. The van der Waals surface area contributed by atoms with Crippen molar-refractivity contribution in [3.63, 3.8) is 0 Å². The molecule has 0 radical (unpaired) electrons. The van der Waals surface area contributed by atoms with Crippen LogP contribution in [-0.2, 0) is 0 Å². The number of nitrogens with one attached hydrogen (secondary N) is 1. The van der Waals surface area contributed by atoms with Crippen molar-refractivity contribution in [2.24, 2.45) is 0 Å². The highest BCUT2D eigenvalue weighted by molar-refractivity contribution is 7.22. The molecule has 28 heavy (non-hydrogen) atoms. The number of rotatable bonds is 5. The minimum atomic E-state index is -0.438. The van der Waals surface area contributed by atoms with Crippen molar-refractivity contribution in [3.05, 3.63) is 34.6 Å². The average Bonchev–Trinajstić information content (AvgIpc) is 3.09. The molecule has 10 nitrogen and oxygen atoms in total. The number of likely N-dealkylation sites (N-methyl/N-ethyl adjacent to an activating group) is 1. The number of benzene rings is 1. The van der Waals surface area contributed by atoms with Crippen LogP contribution in [-0.4, -0.2) is 65.1 Å². The van der Waals surface area contributed by atoms with Crippen LogP contribution in [0.3, 0.4) is 0 Å². The molecular formula is C17H19N7O3S. The fourth-order valence-electron chi connectivity index (χ4n) is 3.07. The van der Waals surface area contributed by atoms with E-state index in [2.05, 4.69) is 25.2 Å². The standard InChI is InChI=1S/C17H19N7O3S/c1-22-5-7-23(8-6-22)16-14(24(25)26)15(18-10-19-16)21-17-20-12-4-3-11(27-2)9-13(12)28-17/h3-4,9-10H,5-8H2,1-2H3,(H,18,19,20,21). The van der Waals surface area contributed by atoms with Crippen molar-refractivity contribution in [3.8, 4) is 5.75 Å². The largest absolute Gasteiger partial charge is 0.497 e. The van der Waals surface area contributed by atoms with Crippen molar-refractivity contribution < 1.29 is 9.66 Å². The van der Waals surface area contributed by atoms with Crippen molar-refractivity contribution in [1.82, 2.24) is 19.9 Å². The van der Waals surface area contributed by atoms with E-state index in [4.69, 9.17) is 4.74 Å². The number of piperazine rings is 1. The third-order valence-electron chi connectivity index (χ3n) is 4.61. The SMILES string of the molecule is COc1ccc2nc(Nc3ncnc(N4CCN(C)CC4)c3[N+](=O)[O-])sc2c1. The molecule has 0 amide bonds. The first-order chi connectivity index (χ1) is 13.5. The summed E-state index contributed by atoms with van der Waals surface area (Å²) in [4.78, 5) is 28.3. The summed E-state index contributed by atoms with van der Waals surface area (Å²) < 4.78 is 6.15. The van der Waals surface area contributed by atoms with Gasteiger partial charge in [0.15, 0.2) is 5.13 Å². The Morgan fingerprint density at radius 2 is 2.04 bits per heavy atom. The minimum absolute atomic E-state index is 0.135. The Hall–Kier alpha value is -3.05. The van der Waals surface area contributed by atoms with Crippen LogP contribution in [0.5, 0.6) is 5.75 Å². The van der Waals surface area contributed by atoms with Gasteiger partial charge in [-0.25, -0.2) is 15.0 Å². The van der Waals surface area contributed by atoms with Crippen molar-refractivity contribution >= 4 is 44.0 Å². The molecule has 0 bridgehead atoms. The van der Waals surface area contributed by atoms with Crippen LogP contribution in [0.4, 0.5) is 22.5 Å². The monoisotopic (exact) mass is 401 g/mol. The molecule has 11 heteroatoms. The van der Waals surface area contributed by atoms with Crippen LogP contribution in [0.15, 0.2) is 24.5 Å². The van der Waals surface area contributed by atoms with Crippen molar-refractivity contribution in [2.75, 3.05) is 50.6 Å². The number of aromatic nitrogens is 3. The molecule has 0 spiro atoms. The molecule has 1 saturated heterocycles. The molecule has 0 atom stereocenters. The summed E-state index contributed by atoms with van der Waals surface area (Å²) in [6, 6.07) is 5.55. The summed E-state index contributed by atoms with van der Waals surface area (Å²) in [6.45, 7) is 3.00. The Bertz CT molecular complexity index is 1020. The molecule has 3 aromatic rings. The Morgan fingerprint density at radius 3 is 2.75 bits per heavy atom. The molecule has 1 aliphatic heterocycles. The number of fused-ring (bicyclic) bond motifs is 1. The molecule has 0 saturated carbocycles. The summed E-state index contributed by atoms with van der Waals surface area (Å²) in [6.07, 6.45) is 1.35. The Balaban J connectivity index is 1.67. The number of anilines is 3. The van der Waals surface area contributed by atoms with Gasteiger partial charge < -0.3 is 19.9 Å². The second-order valence-electron chi connectivity index (χ2n) is 6.42. The summed E-state index contributed by atoms with van der Waals surface area (Å²) in [5.41, 5.74) is 0.646. The zero-order valence-electron chi connectivity index (χ0n) is 15.5. The van der Waals surface area contributed by atoms with Gasteiger partial charge in [0.2, 0.25) is 11.6 Å². The zero-order valence-corrected chi connectivity index (χ0v) is 16.3. The lowest BCUT2D eigenvalue weighted by Crippen LogP contribution is -2.45. The lowest BCUT2D eigenvalue weighted by molar-refractivity contribution is -0.383. The van der Waals surface area contributed by atoms with E-state index in [0.29, 0.717) is 24.0 Å². The summed E-state index contributed by atoms with van der Waals surface area (Å²) in [5.74, 6) is 1.20. The topological polar surface area (TPSA) is 110 Å². The average molecular weight is 401 g/mol. The van der Waals surface area contributed by atoms with Gasteiger partial charge in [-0.1, -0.05) is 11.3 Å². The second-order valence-corrected chi connectivity index (χ2v) is 7.45. The highest BCUT2D eigenvalue weighted by Crippen LogP contribution is 2.36. The highest BCUT2D eigenvalue weighted by atomic mass is 32.1. The van der Waals surface area contributed by atoms with Gasteiger partial charge in [-0.05, 0) is 25.2 Å². The van der Waals surface area contributed by atoms with Gasteiger partial charge in [-0.2, -0.15) is 0 Å². The van der Waals surface area contributed by atoms with Gasteiger partial charge >= 0.3 is 5.69 Å². The molecule has 0 unspecified atom stereocenters. The number of methoxy groups -OCH3 is 1. The van der Waals surface area contributed by atoms with Crippen LogP contribution < -0.4 is 15.0 Å². The molecule has 2 aromatic heterocycles.